The molecule has 1 aromatic heterocycles. The van der Waals surface area contributed by atoms with Crippen LogP contribution in [-0.2, 0) is 30.8 Å². The minimum Gasteiger partial charge on any atom is -0.497 e. The molecule has 0 bridgehead atoms. The highest BCUT2D eigenvalue weighted by molar-refractivity contribution is 5.85. The van der Waals surface area contributed by atoms with Crippen LogP contribution >= 0.6 is 12.4 Å². The molecule has 0 unspecified atom stereocenters. The average Bonchev–Trinajstić information content (AvgIpc) is 2.90. The summed E-state index contributed by atoms with van der Waals surface area (Å²) >= 11 is 0. The van der Waals surface area contributed by atoms with Crippen LogP contribution in [0.4, 0.5) is 0 Å². The third-order valence-electron chi connectivity index (χ3n) is 4.44. The first-order valence-electron chi connectivity index (χ1n) is 8.90. The zero-order valence-corrected chi connectivity index (χ0v) is 16.0. The van der Waals surface area contributed by atoms with Gasteiger partial charge in [-0.3, -0.25) is 9.48 Å². The smallest absolute Gasteiger partial charge is 0.220 e. The largest absolute Gasteiger partial charge is 0.497 e. The summed E-state index contributed by atoms with van der Waals surface area (Å²) in [4.78, 5) is 12.0. The molecule has 2 heterocycles. The number of nitrogens with one attached hydrogen (secondary N) is 2. The highest BCUT2D eigenvalue weighted by Gasteiger charge is 2.11. The standard InChI is InChI=1S/C19H26N4O2.ClH/c1-25-18-8-6-15(7-9-18)4-2-5-19(24)21-13-16-12-17-14-20-10-3-11-23(17)22-16;/h6-9,12,20H,2-5,10-11,13-14H2,1H3,(H,21,24);1H. The van der Waals surface area contributed by atoms with E-state index in [1.807, 2.05) is 28.9 Å². The highest BCUT2D eigenvalue weighted by Crippen LogP contribution is 2.13. The molecule has 3 rings (SSSR count). The molecule has 0 spiro atoms. The Bertz CT molecular complexity index is 677. The lowest BCUT2D eigenvalue weighted by atomic mass is 10.1. The summed E-state index contributed by atoms with van der Waals surface area (Å²) < 4.78 is 7.19. The number of hydrogen-bond donors (Lipinski definition) is 2. The first-order chi connectivity index (χ1) is 12.2. The lowest BCUT2D eigenvalue weighted by Crippen LogP contribution is -2.23. The molecule has 26 heavy (non-hydrogen) atoms. The maximum absolute atomic E-state index is 12.0. The maximum atomic E-state index is 12.0. The Morgan fingerprint density at radius 1 is 1.35 bits per heavy atom. The van der Waals surface area contributed by atoms with Crippen molar-refractivity contribution in [2.75, 3.05) is 13.7 Å². The van der Waals surface area contributed by atoms with Crippen LogP contribution < -0.4 is 15.4 Å². The van der Waals surface area contributed by atoms with Crippen molar-refractivity contribution in [1.29, 1.82) is 0 Å². The molecule has 0 fully saturated rings. The van der Waals surface area contributed by atoms with Crippen LogP contribution in [0.5, 0.6) is 5.75 Å². The molecule has 2 aromatic rings. The number of carbonyl (C=O) groups is 1. The van der Waals surface area contributed by atoms with Crippen molar-refractivity contribution in [3.8, 4) is 5.75 Å². The Kier molecular flexibility index (Phi) is 7.94. The van der Waals surface area contributed by atoms with Crippen LogP contribution in [0.3, 0.4) is 0 Å². The van der Waals surface area contributed by atoms with Crippen LogP contribution in [0.25, 0.3) is 0 Å². The summed E-state index contributed by atoms with van der Waals surface area (Å²) in [5.41, 5.74) is 3.35. The fraction of sp³-hybridized carbons (Fsp3) is 0.474. The Morgan fingerprint density at radius 2 is 2.15 bits per heavy atom. The van der Waals surface area contributed by atoms with E-state index in [1.165, 1.54) is 11.3 Å². The number of nitrogens with zero attached hydrogens (tertiary/aromatic N) is 2. The molecule has 0 saturated carbocycles. The topological polar surface area (TPSA) is 68.2 Å². The van der Waals surface area contributed by atoms with E-state index in [2.05, 4.69) is 21.8 Å². The summed E-state index contributed by atoms with van der Waals surface area (Å²) in [5, 5.41) is 10.9. The summed E-state index contributed by atoms with van der Waals surface area (Å²) in [6, 6.07) is 10.1. The second kappa shape index (κ2) is 10.2. The number of benzene rings is 1. The lowest BCUT2D eigenvalue weighted by Gasteiger charge is -2.05. The number of amides is 1. The minimum absolute atomic E-state index is 0. The van der Waals surface area contributed by atoms with E-state index in [9.17, 15) is 4.79 Å². The Morgan fingerprint density at radius 3 is 2.92 bits per heavy atom. The molecular formula is C19H27ClN4O2. The van der Waals surface area contributed by atoms with Crippen LogP contribution in [0.15, 0.2) is 30.3 Å². The lowest BCUT2D eigenvalue weighted by molar-refractivity contribution is -0.121. The first-order valence-corrected chi connectivity index (χ1v) is 8.90. The molecule has 142 valence electrons. The van der Waals surface area contributed by atoms with Crippen molar-refractivity contribution in [1.82, 2.24) is 20.4 Å². The van der Waals surface area contributed by atoms with Crippen LogP contribution in [0, 0.1) is 0 Å². The van der Waals surface area contributed by atoms with Crippen LogP contribution in [-0.4, -0.2) is 29.3 Å². The maximum Gasteiger partial charge on any atom is 0.220 e. The van der Waals surface area contributed by atoms with E-state index in [0.29, 0.717) is 13.0 Å². The molecule has 1 amide bonds. The summed E-state index contributed by atoms with van der Waals surface area (Å²) in [6.45, 7) is 3.33. The Hall–Kier alpha value is -2.05. The molecule has 1 aliphatic heterocycles. The second-order valence-corrected chi connectivity index (χ2v) is 6.36. The van der Waals surface area contributed by atoms with Gasteiger partial charge >= 0.3 is 0 Å². The van der Waals surface area contributed by atoms with Crippen molar-refractivity contribution in [2.45, 2.75) is 45.3 Å². The number of methoxy groups -OCH3 is 1. The van der Waals surface area contributed by atoms with Crippen LogP contribution in [0.2, 0.25) is 0 Å². The molecule has 6 nitrogen and oxygen atoms in total. The van der Waals surface area contributed by atoms with Crippen molar-refractivity contribution in [3.05, 3.63) is 47.3 Å². The van der Waals surface area contributed by atoms with E-state index in [-0.39, 0.29) is 18.3 Å². The molecular weight excluding hydrogens is 352 g/mol. The Balaban J connectivity index is 0.00000243. The van der Waals surface area contributed by atoms with E-state index in [1.54, 1.807) is 7.11 Å². The van der Waals surface area contributed by atoms with E-state index in [4.69, 9.17) is 4.74 Å². The van der Waals surface area contributed by atoms with Gasteiger partial charge < -0.3 is 15.4 Å². The molecule has 7 heteroatoms. The van der Waals surface area contributed by atoms with Crippen molar-refractivity contribution < 1.29 is 9.53 Å². The zero-order valence-electron chi connectivity index (χ0n) is 15.2. The zero-order chi connectivity index (χ0) is 17.5. The number of aromatic nitrogens is 2. The summed E-state index contributed by atoms with van der Waals surface area (Å²) in [5.74, 6) is 0.935. The van der Waals surface area contributed by atoms with Gasteiger partial charge in [0.2, 0.25) is 5.91 Å². The van der Waals surface area contributed by atoms with E-state index in [0.717, 1.165) is 50.3 Å². The molecule has 0 aliphatic carbocycles. The molecule has 0 saturated heterocycles. The normalized spacial score (nSPS) is 13.3. The Labute approximate surface area is 160 Å². The third kappa shape index (κ3) is 5.75. The quantitative estimate of drug-likeness (QED) is 0.776. The first kappa shape index (κ1) is 20.3. The number of halogens is 1. The average molecular weight is 379 g/mol. The molecule has 0 radical (unpaired) electrons. The second-order valence-electron chi connectivity index (χ2n) is 6.36. The van der Waals surface area contributed by atoms with Gasteiger partial charge in [0.05, 0.1) is 25.0 Å². The molecule has 0 atom stereocenters. The van der Waals surface area contributed by atoms with Crippen molar-refractivity contribution in [3.63, 3.8) is 0 Å². The highest BCUT2D eigenvalue weighted by atomic mass is 35.5. The number of rotatable bonds is 7. The van der Waals surface area contributed by atoms with Gasteiger partial charge in [-0.1, -0.05) is 12.1 Å². The third-order valence-corrected chi connectivity index (χ3v) is 4.44. The fourth-order valence-electron chi connectivity index (χ4n) is 3.03. The SMILES string of the molecule is COc1ccc(CCCC(=O)NCc2cc3n(n2)CCCNC3)cc1.Cl. The van der Waals surface area contributed by atoms with Gasteiger partial charge in [0.15, 0.2) is 0 Å². The summed E-state index contributed by atoms with van der Waals surface area (Å²) in [7, 11) is 1.66. The van der Waals surface area contributed by atoms with Gasteiger partial charge in [0.1, 0.15) is 5.75 Å². The molecule has 1 aromatic carbocycles. The van der Waals surface area contributed by atoms with Gasteiger partial charge in [-0.15, -0.1) is 12.4 Å². The van der Waals surface area contributed by atoms with Crippen molar-refractivity contribution >= 4 is 18.3 Å². The number of hydrogen-bond acceptors (Lipinski definition) is 4. The van der Waals surface area contributed by atoms with Gasteiger partial charge in [0.25, 0.3) is 0 Å². The van der Waals surface area contributed by atoms with Gasteiger partial charge in [-0.25, -0.2) is 0 Å². The minimum atomic E-state index is 0. The number of ether oxygens (including phenoxy) is 1. The van der Waals surface area contributed by atoms with E-state index >= 15 is 0 Å². The number of fused-ring (bicyclic) bond motifs is 1. The molecule has 2 N–H and O–H groups in total. The van der Waals surface area contributed by atoms with Crippen LogP contribution in [0.1, 0.15) is 36.2 Å². The summed E-state index contributed by atoms with van der Waals surface area (Å²) in [6.07, 6.45) is 3.34. The number of aryl methyl sites for hydroxylation is 2. The number of carbonyl (C=O) groups excluding carboxylic acids is 1. The predicted molar refractivity (Wildman–Crippen MR) is 104 cm³/mol. The van der Waals surface area contributed by atoms with Gasteiger partial charge in [-0.05, 0) is 49.6 Å². The van der Waals surface area contributed by atoms with Gasteiger partial charge in [-0.2, -0.15) is 5.10 Å². The van der Waals surface area contributed by atoms with Gasteiger partial charge in [0, 0.05) is 19.5 Å². The predicted octanol–water partition coefficient (Wildman–Crippen LogP) is 2.45. The monoisotopic (exact) mass is 378 g/mol. The van der Waals surface area contributed by atoms with Crippen molar-refractivity contribution in [2.24, 2.45) is 0 Å². The van der Waals surface area contributed by atoms with E-state index < -0.39 is 0 Å². The molecule has 1 aliphatic rings. The fourth-order valence-corrected chi connectivity index (χ4v) is 3.03.